The van der Waals surface area contributed by atoms with Gasteiger partial charge in [-0.05, 0) is 30.3 Å². The van der Waals surface area contributed by atoms with E-state index in [1.54, 1.807) is 18.2 Å². The number of nitrogens with one attached hydrogen (secondary N) is 1. The van der Waals surface area contributed by atoms with Crippen LogP contribution in [-0.2, 0) is 0 Å². The van der Waals surface area contributed by atoms with Crippen molar-refractivity contribution in [2.24, 2.45) is 0 Å². The van der Waals surface area contributed by atoms with Gasteiger partial charge in [-0.2, -0.15) is 0 Å². The molecule has 0 atom stereocenters. The summed E-state index contributed by atoms with van der Waals surface area (Å²) in [5.74, 6) is -0.650. The Morgan fingerprint density at radius 3 is 2.75 bits per heavy atom. The number of hydrogen-bond donors (Lipinski definition) is 1. The minimum Gasteiger partial charge on any atom is -0.497 e. The summed E-state index contributed by atoms with van der Waals surface area (Å²) in [6.07, 6.45) is 0. The topological polar surface area (TPSA) is 38.3 Å². The lowest BCUT2D eigenvalue weighted by molar-refractivity contribution is 0.102. The van der Waals surface area contributed by atoms with Gasteiger partial charge in [0.05, 0.1) is 23.4 Å². The Morgan fingerprint density at radius 1 is 1.30 bits per heavy atom. The highest BCUT2D eigenvalue weighted by atomic mass is 79.9. The number of ether oxygens (including phenoxy) is 1. The zero-order valence-electron chi connectivity index (χ0n) is 10.4. The molecule has 2 rings (SSSR count). The maximum Gasteiger partial charge on any atom is 0.258 e. The molecule has 104 valence electrons. The Kier molecular flexibility index (Phi) is 4.62. The highest BCUT2D eigenvalue weighted by Crippen LogP contribution is 2.27. The molecular formula is C14H10BrClFNO2. The van der Waals surface area contributed by atoms with Crippen LogP contribution in [0.3, 0.4) is 0 Å². The van der Waals surface area contributed by atoms with E-state index in [4.69, 9.17) is 16.3 Å². The molecule has 1 N–H and O–H groups in total. The lowest BCUT2D eigenvalue weighted by Gasteiger charge is -2.10. The van der Waals surface area contributed by atoms with Crippen LogP contribution < -0.4 is 10.1 Å². The average molecular weight is 359 g/mol. The molecule has 0 saturated heterocycles. The average Bonchev–Trinajstić information content (AvgIpc) is 2.43. The predicted octanol–water partition coefficient (Wildman–Crippen LogP) is 4.50. The van der Waals surface area contributed by atoms with Gasteiger partial charge in [0, 0.05) is 10.5 Å². The van der Waals surface area contributed by atoms with Crippen LogP contribution in [0.5, 0.6) is 5.75 Å². The first-order chi connectivity index (χ1) is 9.51. The molecule has 20 heavy (non-hydrogen) atoms. The fourth-order valence-electron chi connectivity index (χ4n) is 1.59. The van der Waals surface area contributed by atoms with Crippen molar-refractivity contribution in [2.45, 2.75) is 0 Å². The third-order valence-electron chi connectivity index (χ3n) is 2.59. The highest BCUT2D eigenvalue weighted by Gasteiger charge is 2.14. The van der Waals surface area contributed by atoms with Gasteiger partial charge >= 0.3 is 0 Å². The van der Waals surface area contributed by atoms with Crippen LogP contribution in [0, 0.1) is 5.82 Å². The lowest BCUT2D eigenvalue weighted by atomic mass is 10.2. The first kappa shape index (κ1) is 14.8. The second kappa shape index (κ2) is 6.24. The molecule has 0 aromatic heterocycles. The van der Waals surface area contributed by atoms with E-state index < -0.39 is 11.7 Å². The van der Waals surface area contributed by atoms with Gasteiger partial charge in [0.25, 0.3) is 5.91 Å². The van der Waals surface area contributed by atoms with Crippen molar-refractivity contribution < 1.29 is 13.9 Å². The monoisotopic (exact) mass is 357 g/mol. The Morgan fingerprint density at radius 2 is 2.05 bits per heavy atom. The number of anilines is 1. The van der Waals surface area contributed by atoms with E-state index in [2.05, 4.69) is 21.2 Å². The van der Waals surface area contributed by atoms with Crippen LogP contribution in [0.4, 0.5) is 10.1 Å². The maximum atomic E-state index is 13.6. The standard InChI is InChI=1S/C14H10BrClFNO2/c1-20-9-3-4-11(16)13(7-9)18-14(19)10-6-8(15)2-5-12(10)17/h2-7H,1H3,(H,18,19). The third kappa shape index (κ3) is 3.29. The summed E-state index contributed by atoms with van der Waals surface area (Å²) in [4.78, 5) is 12.1. The van der Waals surface area contributed by atoms with E-state index >= 15 is 0 Å². The Balaban J connectivity index is 2.30. The predicted molar refractivity (Wildman–Crippen MR) is 80.1 cm³/mol. The van der Waals surface area contributed by atoms with E-state index in [0.29, 0.717) is 20.9 Å². The number of amides is 1. The smallest absolute Gasteiger partial charge is 0.258 e. The molecule has 6 heteroatoms. The first-order valence-electron chi connectivity index (χ1n) is 5.61. The van der Waals surface area contributed by atoms with Crippen LogP contribution in [-0.4, -0.2) is 13.0 Å². The van der Waals surface area contributed by atoms with E-state index in [-0.39, 0.29) is 5.56 Å². The van der Waals surface area contributed by atoms with E-state index in [1.807, 2.05) is 0 Å². The van der Waals surface area contributed by atoms with Gasteiger partial charge in [0.15, 0.2) is 0 Å². The van der Waals surface area contributed by atoms with Gasteiger partial charge in [-0.1, -0.05) is 27.5 Å². The Hall–Kier alpha value is -1.59. The summed E-state index contributed by atoms with van der Waals surface area (Å²) < 4.78 is 19.3. The summed E-state index contributed by atoms with van der Waals surface area (Å²) in [5.41, 5.74) is 0.286. The minimum absolute atomic E-state index is 0.0711. The van der Waals surface area contributed by atoms with Crippen LogP contribution in [0.2, 0.25) is 5.02 Å². The molecular weight excluding hydrogens is 349 g/mol. The zero-order valence-corrected chi connectivity index (χ0v) is 12.8. The fourth-order valence-corrected chi connectivity index (χ4v) is 2.11. The van der Waals surface area contributed by atoms with Crippen molar-refractivity contribution in [1.82, 2.24) is 0 Å². The summed E-state index contributed by atoms with van der Waals surface area (Å²) >= 11 is 9.18. The Labute approximate surface area is 128 Å². The number of carbonyl (C=O) groups is 1. The molecule has 3 nitrogen and oxygen atoms in total. The fraction of sp³-hybridized carbons (Fsp3) is 0.0714. The molecule has 0 aliphatic heterocycles. The molecule has 0 spiro atoms. The van der Waals surface area contributed by atoms with Crippen molar-refractivity contribution in [1.29, 1.82) is 0 Å². The number of methoxy groups -OCH3 is 1. The molecule has 0 fully saturated rings. The van der Waals surface area contributed by atoms with E-state index in [9.17, 15) is 9.18 Å². The number of halogens is 3. The van der Waals surface area contributed by atoms with Crippen LogP contribution >= 0.6 is 27.5 Å². The van der Waals surface area contributed by atoms with Crippen molar-refractivity contribution in [3.05, 3.63) is 57.3 Å². The zero-order chi connectivity index (χ0) is 14.7. The van der Waals surface area contributed by atoms with Gasteiger partial charge in [-0.15, -0.1) is 0 Å². The first-order valence-corrected chi connectivity index (χ1v) is 6.78. The molecule has 0 radical (unpaired) electrons. The summed E-state index contributed by atoms with van der Waals surface area (Å²) in [7, 11) is 1.50. The summed E-state index contributed by atoms with van der Waals surface area (Å²) in [6.45, 7) is 0. The normalized spacial score (nSPS) is 10.2. The quantitative estimate of drug-likeness (QED) is 0.877. The molecule has 0 unspecified atom stereocenters. The van der Waals surface area contributed by atoms with Crippen molar-refractivity contribution in [2.75, 3.05) is 12.4 Å². The molecule has 2 aromatic rings. The lowest BCUT2D eigenvalue weighted by Crippen LogP contribution is -2.14. The molecule has 0 bridgehead atoms. The third-order valence-corrected chi connectivity index (χ3v) is 3.42. The van der Waals surface area contributed by atoms with E-state index in [1.165, 1.54) is 25.3 Å². The number of hydrogen-bond acceptors (Lipinski definition) is 2. The van der Waals surface area contributed by atoms with Crippen molar-refractivity contribution in [3.63, 3.8) is 0 Å². The molecule has 1 amide bonds. The van der Waals surface area contributed by atoms with Gasteiger partial charge in [0.2, 0.25) is 0 Å². The van der Waals surface area contributed by atoms with E-state index in [0.717, 1.165) is 0 Å². The van der Waals surface area contributed by atoms with Gasteiger partial charge in [-0.3, -0.25) is 4.79 Å². The van der Waals surface area contributed by atoms with Gasteiger partial charge in [0.1, 0.15) is 11.6 Å². The number of carbonyl (C=O) groups excluding carboxylic acids is 1. The molecule has 2 aromatic carbocycles. The molecule has 0 aliphatic carbocycles. The van der Waals surface area contributed by atoms with Crippen molar-refractivity contribution in [3.8, 4) is 5.75 Å². The number of benzene rings is 2. The molecule has 0 saturated carbocycles. The minimum atomic E-state index is -0.607. The van der Waals surface area contributed by atoms with Crippen LogP contribution in [0.25, 0.3) is 0 Å². The second-order valence-corrected chi connectivity index (χ2v) is 5.25. The van der Waals surface area contributed by atoms with Gasteiger partial charge < -0.3 is 10.1 Å². The SMILES string of the molecule is COc1ccc(Cl)c(NC(=O)c2cc(Br)ccc2F)c1. The van der Waals surface area contributed by atoms with Crippen molar-refractivity contribution >= 4 is 39.1 Å². The second-order valence-electron chi connectivity index (χ2n) is 3.92. The van der Waals surface area contributed by atoms with Crippen LogP contribution in [0.15, 0.2) is 40.9 Å². The summed E-state index contributed by atoms with van der Waals surface area (Å²) in [6, 6.07) is 8.95. The van der Waals surface area contributed by atoms with Crippen LogP contribution in [0.1, 0.15) is 10.4 Å². The van der Waals surface area contributed by atoms with Gasteiger partial charge in [-0.25, -0.2) is 4.39 Å². The summed E-state index contributed by atoms with van der Waals surface area (Å²) in [5, 5.41) is 2.90. The Bertz CT molecular complexity index is 664. The largest absolute Gasteiger partial charge is 0.497 e. The highest BCUT2D eigenvalue weighted by molar-refractivity contribution is 9.10. The number of rotatable bonds is 3. The molecule has 0 heterocycles. The molecule has 0 aliphatic rings. The maximum absolute atomic E-state index is 13.6.